The Morgan fingerprint density at radius 1 is 1.47 bits per heavy atom. The van der Waals surface area contributed by atoms with E-state index in [-0.39, 0.29) is 6.61 Å². The fraction of sp³-hybridized carbons (Fsp3) is 0.417. The predicted molar refractivity (Wildman–Crippen MR) is 79.0 cm³/mol. The first-order valence-corrected chi connectivity index (χ1v) is 7.13. The number of thiazole rings is 1. The van der Waals surface area contributed by atoms with Crippen molar-refractivity contribution < 1.29 is 5.11 Å². The summed E-state index contributed by atoms with van der Waals surface area (Å²) in [5.74, 6) is 1.15. The highest BCUT2D eigenvalue weighted by molar-refractivity contribution is 7.73. The summed E-state index contributed by atoms with van der Waals surface area (Å²) in [6, 6.07) is 0. The summed E-state index contributed by atoms with van der Waals surface area (Å²) >= 11 is 6.89. The first-order valence-electron chi connectivity index (χ1n) is 5.91. The van der Waals surface area contributed by atoms with Crippen LogP contribution in [0.2, 0.25) is 0 Å². The Kier molecular flexibility index (Phi) is 4.28. The standard InChI is InChI=1S/C12H16N4OS2/c1-7-10(3-4-17)19-12(18)16(7)6-9-5-14-8(2)15-11(9)13/h5,17H,3-4,6H2,1-2H3,(H2,13,14,15)/i1+1,7+1,10+1. The van der Waals surface area contributed by atoms with Gasteiger partial charge < -0.3 is 15.4 Å². The van der Waals surface area contributed by atoms with E-state index in [1.54, 1.807) is 13.1 Å². The van der Waals surface area contributed by atoms with E-state index in [0.717, 1.165) is 20.1 Å². The van der Waals surface area contributed by atoms with Crippen molar-refractivity contribution in [3.05, 3.63) is 32.1 Å². The SMILES string of the molecule is Cc1ncc(Cn2c(=S)s[13c](CCO)[13c]2[13CH3])c(N)n1. The quantitative estimate of drug-likeness (QED) is 0.665. The van der Waals surface area contributed by atoms with E-state index < -0.39 is 0 Å². The van der Waals surface area contributed by atoms with Crippen molar-refractivity contribution in [1.82, 2.24) is 14.5 Å². The lowest BCUT2D eigenvalue weighted by Gasteiger charge is -2.08. The molecular weight excluding hydrogens is 283 g/mol. The molecule has 5 nitrogen and oxygen atoms in total. The molecule has 7 heteroatoms. The molecule has 0 bridgehead atoms. The monoisotopic (exact) mass is 299 g/mol. The van der Waals surface area contributed by atoms with Crippen LogP contribution in [0.3, 0.4) is 0 Å². The number of nitrogen functional groups attached to an aromatic ring is 1. The fourth-order valence-corrected chi connectivity index (χ4v) is 3.32. The molecule has 0 aliphatic carbocycles. The maximum atomic E-state index is 9.03. The van der Waals surface area contributed by atoms with E-state index in [9.17, 15) is 0 Å². The molecule has 0 amide bonds. The van der Waals surface area contributed by atoms with E-state index in [1.165, 1.54) is 11.3 Å². The number of anilines is 1. The van der Waals surface area contributed by atoms with Crippen LogP contribution in [0.1, 0.15) is 22.0 Å². The van der Waals surface area contributed by atoms with Crippen LogP contribution < -0.4 is 5.73 Å². The van der Waals surface area contributed by atoms with Gasteiger partial charge in [0.15, 0.2) is 3.95 Å². The highest BCUT2D eigenvalue weighted by Gasteiger charge is 2.11. The third kappa shape index (κ3) is 2.99. The van der Waals surface area contributed by atoms with Crippen LogP contribution in [0.25, 0.3) is 0 Å². The maximum Gasteiger partial charge on any atom is 0.161 e. The number of aromatic nitrogens is 3. The van der Waals surface area contributed by atoms with Crippen molar-refractivity contribution in [1.29, 1.82) is 0 Å². The Bertz CT molecular complexity index is 648. The number of aliphatic hydroxyl groups excluding tert-OH is 1. The maximum absolute atomic E-state index is 9.03. The van der Waals surface area contributed by atoms with Crippen LogP contribution in [0.15, 0.2) is 6.20 Å². The fourth-order valence-electron chi connectivity index (χ4n) is 1.84. The third-order valence-electron chi connectivity index (χ3n) is 2.93. The number of hydrogen-bond donors (Lipinski definition) is 2. The molecule has 0 aliphatic heterocycles. The molecule has 3 N–H and O–H groups in total. The molecule has 0 spiro atoms. The summed E-state index contributed by atoms with van der Waals surface area (Å²) in [7, 11) is 0. The van der Waals surface area contributed by atoms with Crippen molar-refractivity contribution in [3.8, 4) is 0 Å². The Hall–Kier alpha value is -1.31. The molecule has 19 heavy (non-hydrogen) atoms. The lowest BCUT2D eigenvalue weighted by Crippen LogP contribution is -2.08. The molecule has 2 aromatic heterocycles. The van der Waals surface area contributed by atoms with Gasteiger partial charge in [-0.05, 0) is 26.1 Å². The highest BCUT2D eigenvalue weighted by Crippen LogP contribution is 2.21. The van der Waals surface area contributed by atoms with Gasteiger partial charge in [0.1, 0.15) is 11.6 Å². The smallest absolute Gasteiger partial charge is 0.161 e. The van der Waals surface area contributed by atoms with Gasteiger partial charge in [-0.2, -0.15) is 0 Å². The van der Waals surface area contributed by atoms with E-state index >= 15 is 0 Å². The van der Waals surface area contributed by atoms with Crippen LogP contribution in [0.5, 0.6) is 0 Å². The Balaban J connectivity index is 2.35. The summed E-state index contributed by atoms with van der Waals surface area (Å²) in [6.07, 6.45) is 2.37. The second kappa shape index (κ2) is 5.77. The molecule has 0 aromatic carbocycles. The van der Waals surface area contributed by atoms with Gasteiger partial charge >= 0.3 is 0 Å². The lowest BCUT2D eigenvalue weighted by atomic mass is 10.3. The van der Waals surface area contributed by atoms with E-state index in [0.29, 0.717) is 24.6 Å². The molecule has 0 radical (unpaired) electrons. The zero-order valence-electron chi connectivity index (χ0n) is 10.9. The summed E-state index contributed by atoms with van der Waals surface area (Å²) in [4.78, 5) is 9.43. The van der Waals surface area contributed by atoms with Crippen molar-refractivity contribution in [2.75, 3.05) is 12.3 Å². The number of nitrogens with two attached hydrogens (primary N) is 1. The second-order valence-electron chi connectivity index (χ2n) is 4.26. The molecule has 102 valence electrons. The topological polar surface area (TPSA) is 77.0 Å². The average molecular weight is 299 g/mol. The molecule has 0 saturated carbocycles. The van der Waals surface area contributed by atoms with Crippen LogP contribution in [-0.2, 0) is 13.0 Å². The molecule has 2 rings (SSSR count). The second-order valence-corrected chi connectivity index (χ2v) is 5.99. The normalized spacial score (nSPS) is 10.9. The summed E-state index contributed by atoms with van der Waals surface area (Å²) in [5, 5.41) is 9.03. The van der Waals surface area contributed by atoms with Gasteiger partial charge in [0.2, 0.25) is 0 Å². The van der Waals surface area contributed by atoms with Crippen LogP contribution in [-0.4, -0.2) is 26.2 Å². The van der Waals surface area contributed by atoms with Gasteiger partial charge in [0.05, 0.1) is 6.54 Å². The molecule has 0 fully saturated rings. The number of rotatable bonds is 4. The van der Waals surface area contributed by atoms with Crippen LogP contribution in [0, 0.1) is 17.8 Å². The van der Waals surface area contributed by atoms with E-state index in [2.05, 4.69) is 9.97 Å². The zero-order chi connectivity index (χ0) is 14.0. The number of hydrogen-bond acceptors (Lipinski definition) is 6. The van der Waals surface area contributed by atoms with Crippen molar-refractivity contribution in [2.45, 2.75) is 26.8 Å². The van der Waals surface area contributed by atoms with Crippen molar-refractivity contribution in [3.63, 3.8) is 0 Å². The number of aryl methyl sites for hydroxylation is 1. The van der Waals surface area contributed by atoms with Gasteiger partial charge in [-0.15, -0.1) is 11.3 Å². The molecule has 2 aromatic rings. The van der Waals surface area contributed by atoms with Gasteiger partial charge in [-0.3, -0.25) is 0 Å². The molecular formula is C12H16N4OS2. The van der Waals surface area contributed by atoms with E-state index in [1.807, 2.05) is 11.5 Å². The summed E-state index contributed by atoms with van der Waals surface area (Å²) in [5.41, 5.74) is 7.83. The average Bonchev–Trinajstić information content (AvgIpc) is 2.60. The minimum Gasteiger partial charge on any atom is -0.396 e. The van der Waals surface area contributed by atoms with Crippen LogP contribution >= 0.6 is 23.6 Å². The number of aliphatic hydroxyl groups is 1. The van der Waals surface area contributed by atoms with Gasteiger partial charge in [0, 0.05) is 35.4 Å². The predicted octanol–water partition coefficient (Wildman–Crippen LogP) is 1.85. The Labute approximate surface area is 120 Å². The largest absolute Gasteiger partial charge is 0.396 e. The Morgan fingerprint density at radius 2 is 2.21 bits per heavy atom. The van der Waals surface area contributed by atoms with Crippen molar-refractivity contribution in [2.24, 2.45) is 0 Å². The number of nitrogens with zero attached hydrogens (tertiary/aromatic N) is 3. The van der Waals surface area contributed by atoms with E-state index in [4.69, 9.17) is 23.1 Å². The van der Waals surface area contributed by atoms with Crippen LogP contribution in [0.4, 0.5) is 5.82 Å². The van der Waals surface area contributed by atoms with Gasteiger partial charge in [0.25, 0.3) is 0 Å². The molecule has 0 unspecified atom stereocenters. The summed E-state index contributed by atoms with van der Waals surface area (Å²) in [6.45, 7) is 4.51. The molecule has 0 saturated heterocycles. The first kappa shape index (κ1) is 14.1. The third-order valence-corrected chi connectivity index (χ3v) is 4.54. The van der Waals surface area contributed by atoms with Crippen molar-refractivity contribution >= 4 is 29.4 Å². The van der Waals surface area contributed by atoms with Gasteiger partial charge in [-0.25, -0.2) is 9.97 Å². The lowest BCUT2D eigenvalue weighted by molar-refractivity contribution is 0.300. The minimum atomic E-state index is 0.131. The first-order chi connectivity index (χ1) is 9.02. The van der Waals surface area contributed by atoms with Gasteiger partial charge in [-0.1, -0.05) is 0 Å². The Morgan fingerprint density at radius 3 is 2.84 bits per heavy atom. The molecule has 0 atom stereocenters. The minimum absolute atomic E-state index is 0.131. The summed E-state index contributed by atoms with van der Waals surface area (Å²) < 4.78 is 2.79. The molecule has 2 heterocycles. The highest BCUT2D eigenvalue weighted by atomic mass is 32.2. The molecule has 0 aliphatic rings. The zero-order valence-corrected chi connectivity index (χ0v) is 12.5.